The number of alkyl halides is 3. The van der Waals surface area contributed by atoms with E-state index in [1.807, 2.05) is 0 Å². The highest BCUT2D eigenvalue weighted by molar-refractivity contribution is 6.35. The van der Waals surface area contributed by atoms with Crippen LogP contribution in [0.25, 0.3) is 0 Å². The van der Waals surface area contributed by atoms with Crippen molar-refractivity contribution in [3.8, 4) is 0 Å². The van der Waals surface area contributed by atoms with E-state index >= 15 is 0 Å². The van der Waals surface area contributed by atoms with Crippen LogP contribution >= 0.6 is 23.2 Å². The number of anilines is 1. The Labute approximate surface area is 156 Å². The van der Waals surface area contributed by atoms with E-state index in [4.69, 9.17) is 27.9 Å². The molecule has 0 aromatic heterocycles. The van der Waals surface area contributed by atoms with Gasteiger partial charge in [0.1, 0.15) is 0 Å². The summed E-state index contributed by atoms with van der Waals surface area (Å²) in [5.41, 5.74) is -1.51. The maximum Gasteiger partial charge on any atom is 0.418 e. The molecule has 0 saturated carbocycles. The number of hydrogen-bond acceptors (Lipinski definition) is 3. The van der Waals surface area contributed by atoms with E-state index in [2.05, 4.69) is 5.32 Å². The third-order valence-corrected chi connectivity index (χ3v) is 3.86. The lowest BCUT2D eigenvalue weighted by Gasteiger charge is -2.17. The summed E-state index contributed by atoms with van der Waals surface area (Å²) in [6, 6.07) is 8.57. The molecule has 138 valence electrons. The summed E-state index contributed by atoms with van der Waals surface area (Å²) >= 11 is 11.6. The van der Waals surface area contributed by atoms with Crippen LogP contribution in [0.1, 0.15) is 22.8 Å². The van der Waals surface area contributed by atoms with E-state index in [0.29, 0.717) is 0 Å². The molecule has 0 aliphatic rings. The fourth-order valence-corrected chi connectivity index (χ4v) is 2.37. The summed E-state index contributed by atoms with van der Waals surface area (Å²) in [5.74, 6) is -1.85. The zero-order valence-electron chi connectivity index (χ0n) is 13.2. The van der Waals surface area contributed by atoms with E-state index in [0.717, 1.165) is 12.1 Å². The standard InChI is InChI=1S/C17H12Cl2F3NO3/c1-9(26-16(25)11-8-10(18)6-7-13(11)19)15(24)23-14-5-3-2-4-12(14)17(20,21)22/h2-9H,1H3,(H,23,24). The third kappa shape index (κ3) is 4.89. The van der Waals surface area contributed by atoms with Crippen LogP contribution in [0.15, 0.2) is 42.5 Å². The average Bonchev–Trinajstić information content (AvgIpc) is 2.56. The minimum Gasteiger partial charge on any atom is -0.449 e. The maximum atomic E-state index is 12.9. The zero-order valence-corrected chi connectivity index (χ0v) is 14.7. The zero-order chi connectivity index (χ0) is 19.5. The van der Waals surface area contributed by atoms with Crippen molar-refractivity contribution < 1.29 is 27.5 Å². The molecule has 0 heterocycles. The summed E-state index contributed by atoms with van der Waals surface area (Å²) in [4.78, 5) is 24.2. The predicted molar refractivity (Wildman–Crippen MR) is 91.4 cm³/mol. The van der Waals surface area contributed by atoms with Crippen LogP contribution in [0.3, 0.4) is 0 Å². The van der Waals surface area contributed by atoms with Crippen molar-refractivity contribution in [2.45, 2.75) is 19.2 Å². The number of amides is 1. The molecule has 26 heavy (non-hydrogen) atoms. The number of rotatable bonds is 4. The van der Waals surface area contributed by atoms with Gasteiger partial charge in [-0.1, -0.05) is 35.3 Å². The van der Waals surface area contributed by atoms with Gasteiger partial charge in [-0.15, -0.1) is 0 Å². The SMILES string of the molecule is CC(OC(=O)c1cc(Cl)ccc1Cl)C(=O)Nc1ccccc1C(F)(F)F. The number of hydrogen-bond donors (Lipinski definition) is 1. The van der Waals surface area contributed by atoms with Crippen molar-refractivity contribution in [3.05, 3.63) is 63.6 Å². The van der Waals surface area contributed by atoms with Gasteiger partial charge in [-0.3, -0.25) is 4.79 Å². The molecule has 0 radical (unpaired) electrons. The summed E-state index contributed by atoms with van der Waals surface area (Å²) in [7, 11) is 0. The lowest BCUT2D eigenvalue weighted by molar-refractivity contribution is -0.137. The number of carbonyl (C=O) groups is 2. The van der Waals surface area contributed by atoms with Crippen molar-refractivity contribution in [1.29, 1.82) is 0 Å². The molecule has 0 saturated heterocycles. The van der Waals surface area contributed by atoms with Gasteiger partial charge in [0.15, 0.2) is 6.10 Å². The second-order valence-corrected chi connectivity index (χ2v) is 6.05. The number of para-hydroxylation sites is 1. The molecular formula is C17H12Cl2F3NO3. The van der Waals surface area contributed by atoms with Gasteiger partial charge < -0.3 is 10.1 Å². The Kier molecular flexibility index (Phi) is 6.15. The van der Waals surface area contributed by atoms with Crippen LogP contribution in [0.5, 0.6) is 0 Å². The Morgan fingerprint density at radius 1 is 1.12 bits per heavy atom. The molecule has 1 atom stereocenters. The first kappa shape index (κ1) is 20.1. The second kappa shape index (κ2) is 7.97. The molecule has 2 aromatic carbocycles. The number of ether oxygens (including phenoxy) is 1. The second-order valence-electron chi connectivity index (χ2n) is 5.20. The smallest absolute Gasteiger partial charge is 0.418 e. The third-order valence-electron chi connectivity index (χ3n) is 3.29. The van der Waals surface area contributed by atoms with E-state index in [-0.39, 0.29) is 15.6 Å². The Bertz CT molecular complexity index is 840. The van der Waals surface area contributed by atoms with Gasteiger partial charge in [0.2, 0.25) is 0 Å². The van der Waals surface area contributed by atoms with E-state index < -0.39 is 35.4 Å². The lowest BCUT2D eigenvalue weighted by atomic mass is 10.1. The Hall–Kier alpha value is -2.25. The number of halogens is 5. The van der Waals surface area contributed by atoms with Gasteiger partial charge in [0.25, 0.3) is 5.91 Å². The van der Waals surface area contributed by atoms with E-state index in [1.165, 1.54) is 37.3 Å². The van der Waals surface area contributed by atoms with Crippen LogP contribution in [0, 0.1) is 0 Å². The molecule has 0 aliphatic carbocycles. The fraction of sp³-hybridized carbons (Fsp3) is 0.176. The number of nitrogens with one attached hydrogen (secondary N) is 1. The normalized spacial score (nSPS) is 12.4. The first-order chi connectivity index (χ1) is 12.1. The largest absolute Gasteiger partial charge is 0.449 e. The predicted octanol–water partition coefficient (Wildman–Crippen LogP) is 5.20. The lowest BCUT2D eigenvalue weighted by Crippen LogP contribution is -2.30. The Morgan fingerprint density at radius 3 is 2.42 bits per heavy atom. The highest BCUT2D eigenvalue weighted by atomic mass is 35.5. The molecule has 0 bridgehead atoms. The molecule has 0 fully saturated rings. The Balaban J connectivity index is 2.11. The molecule has 1 amide bonds. The summed E-state index contributed by atoms with van der Waals surface area (Å²) < 4.78 is 43.8. The van der Waals surface area contributed by atoms with Gasteiger partial charge in [-0.25, -0.2) is 4.79 Å². The van der Waals surface area contributed by atoms with Crippen LogP contribution in [0.2, 0.25) is 10.0 Å². The van der Waals surface area contributed by atoms with Gasteiger partial charge in [0, 0.05) is 5.02 Å². The molecule has 1 N–H and O–H groups in total. The highest BCUT2D eigenvalue weighted by Gasteiger charge is 2.34. The van der Waals surface area contributed by atoms with Gasteiger partial charge in [0.05, 0.1) is 21.8 Å². The number of esters is 1. The van der Waals surface area contributed by atoms with Crippen LogP contribution in [-0.2, 0) is 15.7 Å². The van der Waals surface area contributed by atoms with Crippen molar-refractivity contribution in [2.75, 3.05) is 5.32 Å². The first-order valence-corrected chi connectivity index (χ1v) is 7.98. The van der Waals surface area contributed by atoms with Crippen molar-refractivity contribution in [3.63, 3.8) is 0 Å². The topological polar surface area (TPSA) is 55.4 Å². The maximum absolute atomic E-state index is 12.9. The van der Waals surface area contributed by atoms with Crippen LogP contribution in [-0.4, -0.2) is 18.0 Å². The highest BCUT2D eigenvalue weighted by Crippen LogP contribution is 2.34. The summed E-state index contributed by atoms with van der Waals surface area (Å²) in [6.07, 6.45) is -6.00. The monoisotopic (exact) mass is 405 g/mol. The molecule has 2 aromatic rings. The van der Waals surface area contributed by atoms with Gasteiger partial charge in [-0.2, -0.15) is 13.2 Å². The molecule has 0 aliphatic heterocycles. The van der Waals surface area contributed by atoms with E-state index in [1.54, 1.807) is 0 Å². The minimum absolute atomic E-state index is 0.0606. The summed E-state index contributed by atoms with van der Waals surface area (Å²) in [6.45, 7) is 1.22. The first-order valence-electron chi connectivity index (χ1n) is 7.22. The molecule has 2 rings (SSSR count). The van der Waals surface area contributed by atoms with Gasteiger partial charge >= 0.3 is 12.1 Å². The van der Waals surface area contributed by atoms with E-state index in [9.17, 15) is 22.8 Å². The molecular weight excluding hydrogens is 394 g/mol. The molecule has 4 nitrogen and oxygen atoms in total. The van der Waals surface area contributed by atoms with Gasteiger partial charge in [-0.05, 0) is 37.3 Å². The van der Waals surface area contributed by atoms with Crippen molar-refractivity contribution in [2.24, 2.45) is 0 Å². The van der Waals surface area contributed by atoms with Crippen LogP contribution in [0.4, 0.5) is 18.9 Å². The molecule has 9 heteroatoms. The molecule has 0 spiro atoms. The van der Waals surface area contributed by atoms with Crippen molar-refractivity contribution in [1.82, 2.24) is 0 Å². The molecule has 1 unspecified atom stereocenters. The number of carbonyl (C=O) groups excluding carboxylic acids is 2. The number of benzene rings is 2. The average molecular weight is 406 g/mol. The Morgan fingerprint density at radius 2 is 1.77 bits per heavy atom. The van der Waals surface area contributed by atoms with Crippen molar-refractivity contribution >= 4 is 40.8 Å². The summed E-state index contributed by atoms with van der Waals surface area (Å²) in [5, 5.41) is 2.40. The van der Waals surface area contributed by atoms with Crippen LogP contribution < -0.4 is 5.32 Å². The quantitative estimate of drug-likeness (QED) is 0.711. The minimum atomic E-state index is -4.64. The fourth-order valence-electron chi connectivity index (χ4n) is 2.01.